The summed E-state index contributed by atoms with van der Waals surface area (Å²) in [7, 11) is 0. The van der Waals surface area contributed by atoms with Crippen molar-refractivity contribution in [2.45, 2.75) is 26.8 Å². The molecule has 3 aromatic rings. The Kier molecular flexibility index (Phi) is 4.30. The summed E-state index contributed by atoms with van der Waals surface area (Å²) in [6.45, 7) is 4.64. The van der Waals surface area contributed by atoms with Gasteiger partial charge in [0.2, 0.25) is 5.91 Å². The van der Waals surface area contributed by atoms with Crippen LogP contribution in [-0.2, 0) is 11.3 Å². The van der Waals surface area contributed by atoms with E-state index in [0.717, 1.165) is 28.7 Å². The molecule has 1 amide bonds. The van der Waals surface area contributed by atoms with Crippen molar-refractivity contribution in [3.05, 3.63) is 41.8 Å². The van der Waals surface area contributed by atoms with E-state index in [9.17, 15) is 4.79 Å². The first kappa shape index (κ1) is 15.5. The lowest BCUT2D eigenvalue weighted by Gasteiger charge is -2.06. The molecule has 0 atom stereocenters. The second kappa shape index (κ2) is 6.38. The molecule has 3 rings (SSSR count). The van der Waals surface area contributed by atoms with Gasteiger partial charge in [0.15, 0.2) is 0 Å². The van der Waals surface area contributed by atoms with Crippen LogP contribution in [0.4, 0.5) is 5.82 Å². The maximum atomic E-state index is 11.8. The number of nitrogens with one attached hydrogen (secondary N) is 1. The van der Waals surface area contributed by atoms with Crippen LogP contribution in [0.3, 0.4) is 0 Å². The van der Waals surface area contributed by atoms with Crippen LogP contribution in [0.5, 0.6) is 0 Å². The van der Waals surface area contributed by atoms with Gasteiger partial charge in [-0.15, -0.1) is 0 Å². The molecule has 0 radical (unpaired) electrons. The van der Waals surface area contributed by atoms with Crippen LogP contribution >= 0.6 is 11.6 Å². The van der Waals surface area contributed by atoms with Gasteiger partial charge < -0.3 is 9.88 Å². The molecule has 0 bridgehead atoms. The monoisotopic (exact) mass is 328 g/mol. The van der Waals surface area contributed by atoms with Gasteiger partial charge in [-0.2, -0.15) is 0 Å². The third kappa shape index (κ3) is 2.92. The van der Waals surface area contributed by atoms with E-state index in [0.29, 0.717) is 17.3 Å². The Balaban J connectivity index is 2.24. The molecule has 1 aromatic carbocycles. The van der Waals surface area contributed by atoms with E-state index >= 15 is 0 Å². The number of aromatic nitrogens is 3. The number of aryl methyl sites for hydroxylation is 1. The zero-order chi connectivity index (χ0) is 16.4. The van der Waals surface area contributed by atoms with Crippen LogP contribution in [0.2, 0.25) is 5.02 Å². The molecule has 0 aliphatic heterocycles. The minimum Gasteiger partial charge on any atom is -0.332 e. The van der Waals surface area contributed by atoms with Crippen molar-refractivity contribution in [2.75, 3.05) is 5.32 Å². The minimum atomic E-state index is -0.0729. The Hall–Kier alpha value is -2.40. The van der Waals surface area contributed by atoms with Crippen LogP contribution in [0.15, 0.2) is 36.8 Å². The van der Waals surface area contributed by atoms with Crippen molar-refractivity contribution in [3.8, 4) is 11.1 Å². The Morgan fingerprint density at radius 2 is 1.96 bits per heavy atom. The average Bonchev–Trinajstić information content (AvgIpc) is 2.95. The molecule has 0 aliphatic rings. The highest BCUT2D eigenvalue weighted by atomic mass is 35.5. The van der Waals surface area contributed by atoms with E-state index in [1.165, 1.54) is 6.33 Å². The number of carbonyl (C=O) groups is 1. The van der Waals surface area contributed by atoms with Crippen molar-refractivity contribution < 1.29 is 4.79 Å². The summed E-state index contributed by atoms with van der Waals surface area (Å²) in [5, 5.41) is 4.39. The molecule has 0 saturated heterocycles. The smallest absolute Gasteiger partial charge is 0.225 e. The van der Waals surface area contributed by atoms with Crippen molar-refractivity contribution in [2.24, 2.45) is 0 Å². The molecule has 1 N–H and O–H groups in total. The summed E-state index contributed by atoms with van der Waals surface area (Å²) < 4.78 is 2.04. The number of anilines is 1. The summed E-state index contributed by atoms with van der Waals surface area (Å²) in [6.07, 6.45) is 3.91. The first-order valence-electron chi connectivity index (χ1n) is 7.53. The van der Waals surface area contributed by atoms with E-state index in [1.54, 1.807) is 0 Å². The third-order valence-corrected chi connectivity index (χ3v) is 3.98. The van der Waals surface area contributed by atoms with Gasteiger partial charge in [-0.05, 0) is 24.6 Å². The molecule has 0 aliphatic carbocycles. The Bertz CT molecular complexity index is 855. The molecule has 118 valence electrons. The number of hydrogen-bond acceptors (Lipinski definition) is 3. The van der Waals surface area contributed by atoms with Gasteiger partial charge in [-0.25, -0.2) is 9.97 Å². The Morgan fingerprint density at radius 3 is 2.61 bits per heavy atom. The largest absolute Gasteiger partial charge is 0.332 e. The molecule has 0 fully saturated rings. The highest BCUT2D eigenvalue weighted by Gasteiger charge is 2.16. The highest BCUT2D eigenvalue weighted by Crippen LogP contribution is 2.34. The second-order valence-corrected chi connectivity index (χ2v) is 5.59. The Labute approximate surface area is 139 Å². The van der Waals surface area contributed by atoms with E-state index in [2.05, 4.69) is 22.2 Å². The van der Waals surface area contributed by atoms with Gasteiger partial charge in [0.25, 0.3) is 0 Å². The summed E-state index contributed by atoms with van der Waals surface area (Å²) in [4.78, 5) is 20.4. The van der Waals surface area contributed by atoms with Crippen molar-refractivity contribution >= 4 is 34.4 Å². The zero-order valence-electron chi connectivity index (χ0n) is 13.0. The maximum Gasteiger partial charge on any atom is 0.225 e. The standard InChI is InChI=1S/C17H17ClN4O/c1-3-14(23)21-16-15-13(11-5-7-12(18)8-6-11)9-22(4-2)17(15)20-10-19-16/h5-10H,3-4H2,1-2H3,(H,19,20,21,23). The van der Waals surface area contributed by atoms with Crippen LogP contribution in [0.25, 0.3) is 22.2 Å². The SMILES string of the molecule is CCC(=O)Nc1ncnc2c1c(-c1ccc(Cl)cc1)cn2CC. The minimum absolute atomic E-state index is 0.0729. The maximum absolute atomic E-state index is 11.8. The molecule has 6 heteroatoms. The fraction of sp³-hybridized carbons (Fsp3) is 0.235. The van der Waals surface area contributed by atoms with Gasteiger partial charge in [-0.3, -0.25) is 4.79 Å². The van der Waals surface area contributed by atoms with Crippen LogP contribution in [0, 0.1) is 0 Å². The zero-order valence-corrected chi connectivity index (χ0v) is 13.8. The van der Waals surface area contributed by atoms with E-state index in [-0.39, 0.29) is 5.91 Å². The molecule has 0 saturated carbocycles. The molecule has 2 heterocycles. The number of nitrogens with zero attached hydrogens (tertiary/aromatic N) is 3. The van der Waals surface area contributed by atoms with Crippen LogP contribution < -0.4 is 5.32 Å². The molecule has 0 unspecified atom stereocenters. The molecule has 23 heavy (non-hydrogen) atoms. The lowest BCUT2D eigenvalue weighted by atomic mass is 10.1. The fourth-order valence-electron chi connectivity index (χ4n) is 2.53. The van der Waals surface area contributed by atoms with Gasteiger partial charge in [0.1, 0.15) is 17.8 Å². The summed E-state index contributed by atoms with van der Waals surface area (Å²) in [6, 6.07) is 7.60. The summed E-state index contributed by atoms with van der Waals surface area (Å²) in [5.74, 6) is 0.468. The van der Waals surface area contributed by atoms with E-state index < -0.39 is 0 Å². The van der Waals surface area contributed by atoms with E-state index in [4.69, 9.17) is 11.6 Å². The van der Waals surface area contributed by atoms with E-state index in [1.807, 2.05) is 42.0 Å². The quantitative estimate of drug-likeness (QED) is 0.783. The molecular formula is C17H17ClN4O. The first-order valence-corrected chi connectivity index (χ1v) is 7.91. The van der Waals surface area contributed by atoms with Crippen molar-refractivity contribution in [3.63, 3.8) is 0 Å². The predicted octanol–water partition coefficient (Wildman–Crippen LogP) is 4.12. The molecular weight excluding hydrogens is 312 g/mol. The second-order valence-electron chi connectivity index (χ2n) is 5.16. The predicted molar refractivity (Wildman–Crippen MR) is 92.6 cm³/mol. The first-order chi connectivity index (χ1) is 11.1. The fourth-order valence-corrected chi connectivity index (χ4v) is 2.65. The molecule has 2 aromatic heterocycles. The summed E-state index contributed by atoms with van der Waals surface area (Å²) in [5.41, 5.74) is 2.79. The number of benzene rings is 1. The number of fused-ring (bicyclic) bond motifs is 1. The third-order valence-electron chi connectivity index (χ3n) is 3.73. The Morgan fingerprint density at radius 1 is 1.22 bits per heavy atom. The number of rotatable bonds is 4. The molecule has 5 nitrogen and oxygen atoms in total. The van der Waals surface area contributed by atoms with Gasteiger partial charge in [-0.1, -0.05) is 30.7 Å². The number of carbonyl (C=O) groups excluding carboxylic acids is 1. The van der Waals surface area contributed by atoms with Gasteiger partial charge in [0.05, 0.1) is 5.39 Å². The molecule has 0 spiro atoms. The van der Waals surface area contributed by atoms with Crippen molar-refractivity contribution in [1.82, 2.24) is 14.5 Å². The lowest BCUT2D eigenvalue weighted by molar-refractivity contribution is -0.115. The number of amides is 1. The lowest BCUT2D eigenvalue weighted by Crippen LogP contribution is -2.11. The van der Waals surface area contributed by atoms with Crippen molar-refractivity contribution in [1.29, 1.82) is 0 Å². The van der Waals surface area contributed by atoms with Gasteiger partial charge in [0, 0.05) is 29.7 Å². The van der Waals surface area contributed by atoms with Crippen LogP contribution in [0.1, 0.15) is 20.3 Å². The summed E-state index contributed by atoms with van der Waals surface area (Å²) >= 11 is 5.98. The number of halogens is 1. The highest BCUT2D eigenvalue weighted by molar-refractivity contribution is 6.30. The van der Waals surface area contributed by atoms with Gasteiger partial charge >= 0.3 is 0 Å². The number of hydrogen-bond donors (Lipinski definition) is 1. The average molecular weight is 329 g/mol. The van der Waals surface area contributed by atoms with Crippen LogP contribution in [-0.4, -0.2) is 20.4 Å². The normalized spacial score (nSPS) is 10.9. The topological polar surface area (TPSA) is 59.8 Å².